The van der Waals surface area contributed by atoms with E-state index in [4.69, 9.17) is 9.84 Å². The summed E-state index contributed by atoms with van der Waals surface area (Å²) in [6, 6.07) is -0.610. The average molecular weight is 259 g/mol. The van der Waals surface area contributed by atoms with Crippen LogP contribution in [0.5, 0.6) is 0 Å². The molecule has 2 rings (SSSR count). The van der Waals surface area contributed by atoms with Gasteiger partial charge in [0.15, 0.2) is 0 Å². The summed E-state index contributed by atoms with van der Waals surface area (Å²) in [6.07, 6.45) is -1.11. The maximum Gasteiger partial charge on any atom is 0.223 e. The first-order valence-corrected chi connectivity index (χ1v) is 6.51. The Balaban J connectivity index is 2.03. The second-order valence-corrected chi connectivity index (χ2v) is 5.09. The van der Waals surface area contributed by atoms with Crippen LogP contribution in [0.1, 0.15) is 26.2 Å². The number of aliphatic hydroxyl groups is 3. The van der Waals surface area contributed by atoms with Crippen LogP contribution in [0.25, 0.3) is 0 Å². The Hall–Kier alpha value is -0.690. The van der Waals surface area contributed by atoms with Crippen LogP contribution < -0.4 is 5.32 Å². The Morgan fingerprint density at radius 2 is 1.94 bits per heavy atom. The minimum Gasteiger partial charge on any atom is -0.394 e. The third-order valence-electron chi connectivity index (χ3n) is 3.69. The van der Waals surface area contributed by atoms with Crippen molar-refractivity contribution in [2.24, 2.45) is 5.92 Å². The Kier molecular flexibility index (Phi) is 4.21. The lowest BCUT2D eigenvalue weighted by atomic mass is 9.91. The maximum absolute atomic E-state index is 11.7. The van der Waals surface area contributed by atoms with E-state index in [-0.39, 0.29) is 24.5 Å². The Morgan fingerprint density at radius 1 is 1.28 bits per heavy atom. The summed E-state index contributed by atoms with van der Waals surface area (Å²) in [7, 11) is 0. The number of carbonyl (C=O) groups excluding carboxylic acids is 1. The molecule has 0 aromatic carbocycles. The molecule has 6 heteroatoms. The van der Waals surface area contributed by atoms with Crippen LogP contribution in [0.3, 0.4) is 0 Å². The van der Waals surface area contributed by atoms with E-state index < -0.39 is 24.4 Å². The fourth-order valence-electron chi connectivity index (χ4n) is 2.35. The zero-order valence-corrected chi connectivity index (χ0v) is 10.5. The first-order chi connectivity index (χ1) is 8.58. The van der Waals surface area contributed by atoms with Gasteiger partial charge in [-0.25, -0.2) is 0 Å². The minimum absolute atomic E-state index is 0.0439. The predicted molar refractivity (Wildman–Crippen MR) is 62.7 cm³/mol. The quantitative estimate of drug-likeness (QED) is 0.507. The molecule has 5 atom stereocenters. The van der Waals surface area contributed by atoms with Crippen LogP contribution in [-0.4, -0.2) is 58.3 Å². The van der Waals surface area contributed by atoms with Gasteiger partial charge in [0.1, 0.15) is 18.3 Å². The number of ether oxygens (including phenoxy) is 1. The molecule has 2 aliphatic rings. The molecular weight excluding hydrogens is 238 g/mol. The van der Waals surface area contributed by atoms with Gasteiger partial charge in [-0.15, -0.1) is 0 Å². The van der Waals surface area contributed by atoms with Gasteiger partial charge in [0, 0.05) is 5.92 Å². The van der Waals surface area contributed by atoms with Gasteiger partial charge < -0.3 is 25.4 Å². The molecule has 1 unspecified atom stereocenters. The SMILES string of the molecule is CCC1O[C@H](CO)[C@H](O)[C@H](O)[C@H]1NC(=O)C1CC1. The summed E-state index contributed by atoms with van der Waals surface area (Å²) in [6.45, 7) is 1.53. The highest BCUT2D eigenvalue weighted by Crippen LogP contribution is 2.30. The van der Waals surface area contributed by atoms with Gasteiger partial charge >= 0.3 is 0 Å². The van der Waals surface area contributed by atoms with Crippen LogP contribution in [0.2, 0.25) is 0 Å². The topological polar surface area (TPSA) is 99.0 Å². The van der Waals surface area contributed by atoms with Crippen molar-refractivity contribution in [2.45, 2.75) is 56.6 Å². The standard InChI is InChI=1S/C12H21NO5/c1-2-7-9(13-12(17)6-3-4-6)11(16)10(15)8(5-14)18-7/h6-11,14-16H,2-5H2,1H3,(H,13,17)/t7?,8-,9+,10+,11-/m1/s1. The molecule has 4 N–H and O–H groups in total. The van der Waals surface area contributed by atoms with E-state index >= 15 is 0 Å². The molecule has 0 aromatic rings. The number of nitrogens with one attached hydrogen (secondary N) is 1. The molecular formula is C12H21NO5. The number of hydrogen-bond acceptors (Lipinski definition) is 5. The second kappa shape index (κ2) is 5.52. The van der Waals surface area contributed by atoms with Crippen molar-refractivity contribution >= 4 is 5.91 Å². The lowest BCUT2D eigenvalue weighted by Crippen LogP contribution is -2.64. The fraction of sp³-hybridized carbons (Fsp3) is 0.917. The molecule has 1 saturated carbocycles. The molecule has 6 nitrogen and oxygen atoms in total. The van der Waals surface area contributed by atoms with Crippen molar-refractivity contribution in [3.8, 4) is 0 Å². The first-order valence-electron chi connectivity index (χ1n) is 6.51. The summed E-state index contributed by atoms with van der Waals surface area (Å²) in [5.41, 5.74) is 0. The van der Waals surface area contributed by atoms with E-state index in [1.54, 1.807) is 0 Å². The molecule has 0 spiro atoms. The van der Waals surface area contributed by atoms with Crippen LogP contribution in [-0.2, 0) is 9.53 Å². The molecule has 1 aliphatic carbocycles. The van der Waals surface area contributed by atoms with Crippen molar-refractivity contribution in [2.75, 3.05) is 6.61 Å². The summed E-state index contributed by atoms with van der Waals surface area (Å²) in [4.78, 5) is 11.7. The van der Waals surface area contributed by atoms with Gasteiger partial charge in [0.25, 0.3) is 0 Å². The van der Waals surface area contributed by atoms with Crippen molar-refractivity contribution in [3.63, 3.8) is 0 Å². The Bertz CT molecular complexity index is 305. The molecule has 1 amide bonds. The normalized spacial score (nSPS) is 40.6. The summed E-state index contributed by atoms with van der Waals surface area (Å²) in [5.74, 6) is -0.0434. The lowest BCUT2D eigenvalue weighted by molar-refractivity contribution is -0.195. The van der Waals surface area contributed by atoms with Gasteiger partial charge in [-0.05, 0) is 19.3 Å². The smallest absolute Gasteiger partial charge is 0.223 e. The minimum atomic E-state index is -1.18. The Morgan fingerprint density at radius 3 is 2.44 bits per heavy atom. The molecule has 0 bridgehead atoms. The zero-order valence-electron chi connectivity index (χ0n) is 10.5. The van der Waals surface area contributed by atoms with E-state index in [0.717, 1.165) is 12.8 Å². The molecule has 1 heterocycles. The molecule has 1 aliphatic heterocycles. The van der Waals surface area contributed by atoms with E-state index in [1.165, 1.54) is 0 Å². The Labute approximate surface area is 106 Å². The zero-order chi connectivity index (χ0) is 13.3. The number of amides is 1. The molecule has 0 radical (unpaired) electrons. The maximum atomic E-state index is 11.7. The van der Waals surface area contributed by atoms with Crippen molar-refractivity contribution in [3.05, 3.63) is 0 Å². The molecule has 18 heavy (non-hydrogen) atoms. The third kappa shape index (κ3) is 2.66. The third-order valence-corrected chi connectivity index (χ3v) is 3.69. The number of hydrogen-bond donors (Lipinski definition) is 4. The molecule has 0 aromatic heterocycles. The summed E-state index contributed by atoms with van der Waals surface area (Å²) in [5, 5.41) is 31.7. The number of carbonyl (C=O) groups is 1. The van der Waals surface area contributed by atoms with Crippen LogP contribution in [0.15, 0.2) is 0 Å². The number of aliphatic hydroxyl groups excluding tert-OH is 3. The van der Waals surface area contributed by atoms with E-state index in [0.29, 0.717) is 6.42 Å². The highest BCUT2D eigenvalue weighted by atomic mass is 16.5. The average Bonchev–Trinajstić information content (AvgIpc) is 3.19. The monoisotopic (exact) mass is 259 g/mol. The first kappa shape index (κ1) is 13.7. The predicted octanol–water partition coefficient (Wildman–Crippen LogP) is -1.23. The highest BCUT2D eigenvalue weighted by Gasteiger charge is 2.45. The summed E-state index contributed by atoms with van der Waals surface area (Å²) < 4.78 is 5.51. The van der Waals surface area contributed by atoms with Gasteiger partial charge in [-0.3, -0.25) is 4.79 Å². The molecule has 104 valence electrons. The fourth-order valence-corrected chi connectivity index (χ4v) is 2.35. The van der Waals surface area contributed by atoms with Crippen LogP contribution >= 0.6 is 0 Å². The molecule has 1 saturated heterocycles. The van der Waals surface area contributed by atoms with E-state index in [1.807, 2.05) is 6.92 Å². The second-order valence-electron chi connectivity index (χ2n) is 5.09. The van der Waals surface area contributed by atoms with Gasteiger partial charge in [0.05, 0.1) is 18.8 Å². The lowest BCUT2D eigenvalue weighted by Gasteiger charge is -2.42. The van der Waals surface area contributed by atoms with Gasteiger partial charge in [0.2, 0.25) is 5.91 Å². The molecule has 2 fully saturated rings. The summed E-state index contributed by atoms with van der Waals surface area (Å²) >= 11 is 0. The van der Waals surface area contributed by atoms with Crippen molar-refractivity contribution in [1.82, 2.24) is 5.32 Å². The van der Waals surface area contributed by atoms with E-state index in [2.05, 4.69) is 5.32 Å². The van der Waals surface area contributed by atoms with E-state index in [9.17, 15) is 15.0 Å². The number of rotatable bonds is 4. The van der Waals surface area contributed by atoms with Crippen molar-refractivity contribution in [1.29, 1.82) is 0 Å². The largest absolute Gasteiger partial charge is 0.394 e. The van der Waals surface area contributed by atoms with Crippen LogP contribution in [0, 0.1) is 5.92 Å². The van der Waals surface area contributed by atoms with Crippen LogP contribution in [0.4, 0.5) is 0 Å². The van der Waals surface area contributed by atoms with Gasteiger partial charge in [-0.2, -0.15) is 0 Å². The highest BCUT2D eigenvalue weighted by molar-refractivity contribution is 5.81. The van der Waals surface area contributed by atoms with Gasteiger partial charge in [-0.1, -0.05) is 6.92 Å². The van der Waals surface area contributed by atoms with Crippen molar-refractivity contribution < 1.29 is 24.9 Å².